The van der Waals surface area contributed by atoms with Crippen molar-refractivity contribution in [2.75, 3.05) is 0 Å². The highest BCUT2D eigenvalue weighted by atomic mass is 35.5. The molecule has 1 heterocycles. The van der Waals surface area contributed by atoms with Crippen LogP contribution in [-0.2, 0) is 9.54 Å². The molecule has 11 heteroatoms. The van der Waals surface area contributed by atoms with Gasteiger partial charge in [0.15, 0.2) is 0 Å². The molecular formula is C22H17Cl2F6NOS. The third-order valence-electron chi connectivity index (χ3n) is 5.15. The second kappa shape index (κ2) is 9.43. The summed E-state index contributed by atoms with van der Waals surface area (Å²) < 4.78 is 77.4. The number of amides is 1. The Balaban J connectivity index is 1.79. The van der Waals surface area contributed by atoms with Gasteiger partial charge in [0.05, 0.1) is 6.04 Å². The lowest BCUT2D eigenvalue weighted by Gasteiger charge is -2.32. The van der Waals surface area contributed by atoms with Crippen LogP contribution in [0.5, 0.6) is 0 Å². The van der Waals surface area contributed by atoms with E-state index in [2.05, 4.69) is 5.32 Å². The van der Waals surface area contributed by atoms with Crippen molar-refractivity contribution in [2.45, 2.75) is 42.9 Å². The summed E-state index contributed by atoms with van der Waals surface area (Å²) in [6.07, 6.45) is -11.2. The number of rotatable bonds is 5. The van der Waals surface area contributed by atoms with Crippen molar-refractivity contribution < 1.29 is 31.1 Å². The van der Waals surface area contributed by atoms with Crippen LogP contribution in [0, 0.1) is 0 Å². The molecule has 0 aromatic heterocycles. The first-order chi connectivity index (χ1) is 15.2. The molecule has 33 heavy (non-hydrogen) atoms. The van der Waals surface area contributed by atoms with Gasteiger partial charge >= 0.3 is 12.4 Å². The lowest BCUT2D eigenvalue weighted by atomic mass is 9.88. The Labute approximate surface area is 200 Å². The second-order valence-corrected chi connectivity index (χ2v) is 9.66. The van der Waals surface area contributed by atoms with E-state index in [1.165, 1.54) is 30.5 Å². The number of alkyl halides is 6. The third-order valence-corrected chi connectivity index (χ3v) is 7.00. The van der Waals surface area contributed by atoms with Gasteiger partial charge < -0.3 is 5.32 Å². The molecule has 1 aliphatic rings. The SMILES string of the molecule is CC(NC(=O)CC(F)(F)F)c1ccc(C2=CSC(c3cc(Cl)cc(Cl)c3)(C(F)(F)F)C2)cc1. The Bertz CT molecular complexity index is 1050. The summed E-state index contributed by atoms with van der Waals surface area (Å²) in [6, 6.07) is 9.42. The summed E-state index contributed by atoms with van der Waals surface area (Å²) in [6.45, 7) is 1.52. The molecule has 0 saturated heterocycles. The van der Waals surface area contributed by atoms with E-state index < -0.39 is 35.5 Å². The largest absolute Gasteiger partial charge is 0.407 e. The van der Waals surface area contributed by atoms with Gasteiger partial charge in [0.1, 0.15) is 11.2 Å². The summed E-state index contributed by atoms with van der Waals surface area (Å²) in [7, 11) is 0. The first kappa shape index (κ1) is 25.8. The molecule has 2 aromatic rings. The van der Waals surface area contributed by atoms with Gasteiger partial charge in [-0.1, -0.05) is 47.5 Å². The van der Waals surface area contributed by atoms with E-state index >= 15 is 0 Å². The normalized spacial score (nSPS) is 19.8. The zero-order valence-corrected chi connectivity index (χ0v) is 19.3. The summed E-state index contributed by atoms with van der Waals surface area (Å²) >= 11 is 12.5. The highest BCUT2D eigenvalue weighted by Gasteiger charge is 2.58. The van der Waals surface area contributed by atoms with Crippen molar-refractivity contribution in [1.29, 1.82) is 0 Å². The summed E-state index contributed by atoms with van der Waals surface area (Å²) in [5.74, 6) is -1.16. The standard InChI is InChI=1S/C22H17Cl2F6NOS/c1-12(31-19(32)10-21(25,26)27)13-2-4-14(5-3-13)15-9-20(33-11-15,22(28,29)30)16-6-17(23)8-18(24)7-16/h2-8,11-12H,9-10H2,1H3,(H,31,32). The van der Waals surface area contributed by atoms with Crippen LogP contribution in [0.25, 0.3) is 5.57 Å². The summed E-state index contributed by atoms with van der Waals surface area (Å²) in [5.41, 5.74) is 1.43. The fraction of sp³-hybridized carbons (Fsp3) is 0.318. The van der Waals surface area contributed by atoms with E-state index in [1.54, 1.807) is 24.3 Å². The second-order valence-electron chi connectivity index (χ2n) is 7.62. The fourth-order valence-electron chi connectivity index (χ4n) is 3.52. The van der Waals surface area contributed by atoms with E-state index in [1.807, 2.05) is 0 Å². The molecule has 178 valence electrons. The Kier molecular flexibility index (Phi) is 7.36. The number of halogens is 8. The van der Waals surface area contributed by atoms with Crippen LogP contribution in [0.2, 0.25) is 10.0 Å². The van der Waals surface area contributed by atoms with Crippen LogP contribution in [0.4, 0.5) is 26.3 Å². The molecule has 1 N–H and O–H groups in total. The molecule has 2 atom stereocenters. The lowest BCUT2D eigenvalue weighted by molar-refractivity contribution is -0.160. The van der Waals surface area contributed by atoms with Gasteiger partial charge in [0.2, 0.25) is 5.91 Å². The molecule has 2 unspecified atom stereocenters. The van der Waals surface area contributed by atoms with Gasteiger partial charge in [0, 0.05) is 16.5 Å². The van der Waals surface area contributed by atoms with E-state index in [4.69, 9.17) is 23.2 Å². The number of benzene rings is 2. The van der Waals surface area contributed by atoms with Gasteiger partial charge in [0.25, 0.3) is 0 Å². The maximum Gasteiger partial charge on any atom is 0.407 e. The number of hydrogen-bond acceptors (Lipinski definition) is 2. The summed E-state index contributed by atoms with van der Waals surface area (Å²) in [5, 5.41) is 3.89. The van der Waals surface area contributed by atoms with Crippen LogP contribution < -0.4 is 5.32 Å². The maximum absolute atomic E-state index is 14.2. The van der Waals surface area contributed by atoms with E-state index in [-0.39, 0.29) is 22.0 Å². The Morgan fingerprint density at radius 3 is 2.15 bits per heavy atom. The first-order valence-electron chi connectivity index (χ1n) is 9.57. The molecular weight excluding hydrogens is 511 g/mol. The van der Waals surface area contributed by atoms with Crippen molar-refractivity contribution in [3.05, 3.63) is 74.6 Å². The molecule has 0 radical (unpaired) electrons. The molecule has 0 saturated carbocycles. The minimum absolute atomic E-state index is 0.0543. The molecule has 0 aliphatic carbocycles. The van der Waals surface area contributed by atoms with Gasteiger partial charge in [-0.3, -0.25) is 4.79 Å². The minimum Gasteiger partial charge on any atom is -0.349 e. The zero-order chi connectivity index (χ0) is 24.6. The smallest absolute Gasteiger partial charge is 0.349 e. The molecule has 2 nitrogen and oxygen atoms in total. The van der Waals surface area contributed by atoms with Gasteiger partial charge in [-0.15, -0.1) is 11.8 Å². The van der Waals surface area contributed by atoms with Gasteiger partial charge in [-0.25, -0.2) is 0 Å². The van der Waals surface area contributed by atoms with Gasteiger partial charge in [-0.05, 0) is 52.8 Å². The lowest BCUT2D eigenvalue weighted by Crippen LogP contribution is -2.37. The van der Waals surface area contributed by atoms with Crippen LogP contribution in [-0.4, -0.2) is 18.3 Å². The molecule has 1 amide bonds. The average molecular weight is 528 g/mol. The minimum atomic E-state index is -4.61. The van der Waals surface area contributed by atoms with Crippen molar-refractivity contribution in [2.24, 2.45) is 0 Å². The van der Waals surface area contributed by atoms with Crippen LogP contribution in [0.1, 0.15) is 42.5 Å². The molecule has 3 rings (SSSR count). The van der Waals surface area contributed by atoms with E-state index in [9.17, 15) is 31.1 Å². The van der Waals surface area contributed by atoms with Crippen LogP contribution in [0.15, 0.2) is 47.9 Å². The molecule has 0 fully saturated rings. The first-order valence-corrected chi connectivity index (χ1v) is 11.2. The number of hydrogen-bond donors (Lipinski definition) is 1. The van der Waals surface area contributed by atoms with Crippen molar-refractivity contribution in [3.63, 3.8) is 0 Å². The highest BCUT2D eigenvalue weighted by molar-refractivity contribution is 8.03. The van der Waals surface area contributed by atoms with Gasteiger partial charge in [-0.2, -0.15) is 26.3 Å². The fourth-order valence-corrected chi connectivity index (χ4v) is 5.24. The molecule has 0 bridgehead atoms. The number of nitrogens with one attached hydrogen (secondary N) is 1. The predicted molar refractivity (Wildman–Crippen MR) is 118 cm³/mol. The maximum atomic E-state index is 14.2. The van der Waals surface area contributed by atoms with Crippen LogP contribution in [0.3, 0.4) is 0 Å². The molecule has 0 spiro atoms. The van der Waals surface area contributed by atoms with E-state index in [0.717, 1.165) is 0 Å². The van der Waals surface area contributed by atoms with Crippen molar-refractivity contribution >= 4 is 46.4 Å². The average Bonchev–Trinajstić information content (AvgIpc) is 3.12. The number of carbonyl (C=O) groups excluding carboxylic acids is 1. The zero-order valence-electron chi connectivity index (χ0n) is 17.0. The predicted octanol–water partition coefficient (Wildman–Crippen LogP) is 8.06. The summed E-state index contributed by atoms with van der Waals surface area (Å²) in [4.78, 5) is 11.5. The van der Waals surface area contributed by atoms with Crippen molar-refractivity contribution in [3.8, 4) is 0 Å². The van der Waals surface area contributed by atoms with Crippen LogP contribution >= 0.6 is 35.0 Å². The quantitative estimate of drug-likeness (QED) is 0.398. The highest BCUT2D eigenvalue weighted by Crippen LogP contribution is 2.60. The number of carbonyl (C=O) groups is 1. The van der Waals surface area contributed by atoms with E-state index in [0.29, 0.717) is 28.5 Å². The third kappa shape index (κ3) is 6.00. The Hall–Kier alpha value is -1.84. The van der Waals surface area contributed by atoms with Crippen molar-refractivity contribution in [1.82, 2.24) is 5.32 Å². The number of allylic oxidation sites excluding steroid dienone is 1. The monoisotopic (exact) mass is 527 g/mol. The molecule has 2 aromatic carbocycles. The number of thioether (sulfide) groups is 1. The topological polar surface area (TPSA) is 29.1 Å². The Morgan fingerprint density at radius 1 is 1.06 bits per heavy atom. The molecule has 1 aliphatic heterocycles. The Morgan fingerprint density at radius 2 is 1.64 bits per heavy atom.